The van der Waals surface area contributed by atoms with E-state index in [1.165, 1.54) is 0 Å². The molecule has 0 spiro atoms. The van der Waals surface area contributed by atoms with Gasteiger partial charge in [0.15, 0.2) is 0 Å². The second-order valence-corrected chi connectivity index (χ2v) is 4.70. The Kier molecular flexibility index (Phi) is 3.10. The highest BCUT2D eigenvalue weighted by molar-refractivity contribution is 5.96. The molecule has 0 saturated heterocycles. The molecule has 2 aromatic carbocycles. The molecule has 1 aromatic heterocycles. The number of fused-ring (bicyclic) bond motifs is 1. The van der Waals surface area contributed by atoms with Crippen LogP contribution in [0.4, 0.5) is 0 Å². The number of aromatic carboxylic acids is 1. The summed E-state index contributed by atoms with van der Waals surface area (Å²) in [5.74, 6) is 0.380. The van der Waals surface area contributed by atoms with Crippen molar-refractivity contribution in [2.75, 3.05) is 7.11 Å². The largest absolute Gasteiger partial charge is 0.497 e. The second-order valence-electron chi connectivity index (χ2n) is 4.70. The number of imidazole rings is 1. The fraction of sp³-hybridized carbons (Fsp3) is 0.125. The number of hydrogen-bond donors (Lipinski definition) is 1. The van der Waals surface area contributed by atoms with Gasteiger partial charge in [0.25, 0.3) is 0 Å². The zero-order valence-corrected chi connectivity index (χ0v) is 11.7. The number of rotatable bonds is 3. The molecular formula is C16H14N2O3. The van der Waals surface area contributed by atoms with Gasteiger partial charge >= 0.3 is 5.97 Å². The molecule has 0 amide bonds. The lowest BCUT2D eigenvalue weighted by atomic mass is 10.1. The monoisotopic (exact) mass is 282 g/mol. The third kappa shape index (κ3) is 2.12. The molecule has 0 unspecified atom stereocenters. The Morgan fingerprint density at radius 1 is 1.24 bits per heavy atom. The van der Waals surface area contributed by atoms with E-state index in [4.69, 9.17) is 4.74 Å². The van der Waals surface area contributed by atoms with Crippen LogP contribution in [0.1, 0.15) is 10.4 Å². The standard InChI is InChI=1S/C16H14N2O3/c1-18-14-8-7-10(21-2)9-13(14)17-15(18)11-5-3-4-6-12(11)16(19)20/h3-9H,1-2H3,(H,19,20). The molecule has 5 nitrogen and oxygen atoms in total. The van der Waals surface area contributed by atoms with E-state index in [1.54, 1.807) is 25.3 Å². The van der Waals surface area contributed by atoms with E-state index < -0.39 is 5.97 Å². The van der Waals surface area contributed by atoms with Crippen molar-refractivity contribution in [3.8, 4) is 17.1 Å². The molecule has 3 rings (SSSR count). The number of aryl methyl sites for hydroxylation is 1. The Morgan fingerprint density at radius 2 is 2.00 bits per heavy atom. The van der Waals surface area contributed by atoms with Crippen molar-refractivity contribution in [2.24, 2.45) is 7.05 Å². The minimum Gasteiger partial charge on any atom is -0.497 e. The summed E-state index contributed by atoms with van der Waals surface area (Å²) >= 11 is 0. The van der Waals surface area contributed by atoms with E-state index in [9.17, 15) is 9.90 Å². The maximum atomic E-state index is 11.4. The van der Waals surface area contributed by atoms with Gasteiger partial charge in [0.2, 0.25) is 0 Å². The Morgan fingerprint density at radius 3 is 2.71 bits per heavy atom. The van der Waals surface area contributed by atoms with Gasteiger partial charge in [-0.05, 0) is 18.2 Å². The van der Waals surface area contributed by atoms with Gasteiger partial charge in [0.1, 0.15) is 11.6 Å². The Hall–Kier alpha value is -2.82. The van der Waals surface area contributed by atoms with Crippen molar-refractivity contribution < 1.29 is 14.6 Å². The van der Waals surface area contributed by atoms with Gasteiger partial charge in [-0.25, -0.2) is 9.78 Å². The first kappa shape index (κ1) is 13.2. The molecule has 106 valence electrons. The summed E-state index contributed by atoms with van der Waals surface area (Å²) in [6, 6.07) is 12.5. The molecule has 0 aliphatic carbocycles. The van der Waals surface area contributed by atoms with Crippen LogP contribution in [-0.2, 0) is 7.05 Å². The van der Waals surface area contributed by atoms with Gasteiger partial charge in [0.05, 0.1) is 23.7 Å². The summed E-state index contributed by atoms with van der Waals surface area (Å²) in [5, 5.41) is 9.32. The molecular weight excluding hydrogens is 268 g/mol. The predicted octanol–water partition coefficient (Wildman–Crippen LogP) is 2.95. The van der Waals surface area contributed by atoms with Gasteiger partial charge in [-0.15, -0.1) is 0 Å². The van der Waals surface area contributed by atoms with Crippen molar-refractivity contribution in [1.82, 2.24) is 9.55 Å². The van der Waals surface area contributed by atoms with Gasteiger partial charge in [-0.3, -0.25) is 0 Å². The molecule has 0 bridgehead atoms. The maximum Gasteiger partial charge on any atom is 0.336 e. The van der Waals surface area contributed by atoms with E-state index in [0.717, 1.165) is 16.8 Å². The minimum absolute atomic E-state index is 0.239. The van der Waals surface area contributed by atoms with Crippen molar-refractivity contribution in [2.45, 2.75) is 0 Å². The van der Waals surface area contributed by atoms with Crippen LogP contribution in [0.15, 0.2) is 42.5 Å². The number of carbonyl (C=O) groups is 1. The third-order valence-corrected chi connectivity index (χ3v) is 3.49. The summed E-state index contributed by atoms with van der Waals surface area (Å²) in [7, 11) is 3.47. The SMILES string of the molecule is COc1ccc2c(c1)nc(-c1ccccc1C(=O)O)n2C. The molecule has 0 saturated carbocycles. The summed E-state index contributed by atoms with van der Waals surface area (Å²) in [4.78, 5) is 15.9. The third-order valence-electron chi connectivity index (χ3n) is 3.49. The van der Waals surface area contributed by atoms with Crippen LogP contribution in [0.5, 0.6) is 5.75 Å². The molecule has 5 heteroatoms. The highest BCUT2D eigenvalue weighted by Crippen LogP contribution is 2.28. The van der Waals surface area contributed by atoms with Crippen LogP contribution < -0.4 is 4.74 Å². The highest BCUT2D eigenvalue weighted by Gasteiger charge is 2.16. The lowest BCUT2D eigenvalue weighted by Gasteiger charge is -2.06. The number of nitrogens with zero attached hydrogens (tertiary/aromatic N) is 2. The van der Waals surface area contributed by atoms with E-state index >= 15 is 0 Å². The van der Waals surface area contributed by atoms with Crippen molar-refractivity contribution >= 4 is 17.0 Å². The summed E-state index contributed by atoms with van der Waals surface area (Å²) in [6.07, 6.45) is 0. The molecule has 0 aliphatic rings. The summed E-state index contributed by atoms with van der Waals surface area (Å²) < 4.78 is 7.08. The van der Waals surface area contributed by atoms with Gasteiger partial charge < -0.3 is 14.4 Å². The number of aromatic nitrogens is 2. The fourth-order valence-corrected chi connectivity index (χ4v) is 2.41. The Labute approximate surface area is 121 Å². The quantitative estimate of drug-likeness (QED) is 0.802. The highest BCUT2D eigenvalue weighted by atomic mass is 16.5. The second kappa shape index (κ2) is 4.94. The first-order valence-electron chi connectivity index (χ1n) is 6.45. The normalized spacial score (nSPS) is 10.8. The predicted molar refractivity (Wildman–Crippen MR) is 79.7 cm³/mol. The Bertz CT molecular complexity index is 837. The van der Waals surface area contributed by atoms with Crippen LogP contribution in [-0.4, -0.2) is 27.7 Å². The maximum absolute atomic E-state index is 11.4. The first-order valence-corrected chi connectivity index (χ1v) is 6.45. The summed E-state index contributed by atoms with van der Waals surface area (Å²) in [5.41, 5.74) is 2.53. The number of methoxy groups -OCH3 is 1. The van der Waals surface area contributed by atoms with E-state index in [1.807, 2.05) is 35.9 Å². The van der Waals surface area contributed by atoms with Crippen LogP contribution in [0, 0.1) is 0 Å². The molecule has 0 fully saturated rings. The molecule has 21 heavy (non-hydrogen) atoms. The number of carboxylic acids is 1. The molecule has 0 aliphatic heterocycles. The molecule has 3 aromatic rings. The fourth-order valence-electron chi connectivity index (χ4n) is 2.41. The first-order chi connectivity index (χ1) is 10.1. The van der Waals surface area contributed by atoms with E-state index in [2.05, 4.69) is 4.98 Å². The van der Waals surface area contributed by atoms with Crippen molar-refractivity contribution in [1.29, 1.82) is 0 Å². The molecule has 1 N–H and O–H groups in total. The van der Waals surface area contributed by atoms with E-state index in [0.29, 0.717) is 11.4 Å². The summed E-state index contributed by atoms with van der Waals surface area (Å²) in [6.45, 7) is 0. The number of ether oxygens (including phenoxy) is 1. The molecule has 0 atom stereocenters. The lowest BCUT2D eigenvalue weighted by Crippen LogP contribution is -2.02. The van der Waals surface area contributed by atoms with Crippen molar-refractivity contribution in [3.05, 3.63) is 48.0 Å². The molecule has 0 radical (unpaired) electrons. The zero-order valence-electron chi connectivity index (χ0n) is 11.7. The smallest absolute Gasteiger partial charge is 0.336 e. The topological polar surface area (TPSA) is 64.3 Å². The van der Waals surface area contributed by atoms with Crippen molar-refractivity contribution in [3.63, 3.8) is 0 Å². The minimum atomic E-state index is -0.963. The average molecular weight is 282 g/mol. The number of hydrogen-bond acceptors (Lipinski definition) is 3. The zero-order chi connectivity index (χ0) is 15.0. The molecule has 1 heterocycles. The van der Waals surface area contributed by atoms with Crippen LogP contribution in [0.2, 0.25) is 0 Å². The lowest BCUT2D eigenvalue weighted by molar-refractivity contribution is 0.0697. The van der Waals surface area contributed by atoms with Gasteiger partial charge in [0, 0.05) is 18.7 Å². The number of benzene rings is 2. The van der Waals surface area contributed by atoms with Gasteiger partial charge in [-0.1, -0.05) is 18.2 Å². The van der Waals surface area contributed by atoms with E-state index in [-0.39, 0.29) is 5.56 Å². The van der Waals surface area contributed by atoms with Crippen LogP contribution >= 0.6 is 0 Å². The van der Waals surface area contributed by atoms with Crippen LogP contribution in [0.25, 0.3) is 22.4 Å². The average Bonchev–Trinajstić information content (AvgIpc) is 2.83. The number of carboxylic acid groups (broad SMARTS) is 1. The van der Waals surface area contributed by atoms with Crippen LogP contribution in [0.3, 0.4) is 0 Å². The van der Waals surface area contributed by atoms with Gasteiger partial charge in [-0.2, -0.15) is 0 Å². The Balaban J connectivity index is 2.26.